The molecule has 0 aliphatic rings. The average Bonchev–Trinajstić information content (AvgIpc) is 2.67. The molecular formula is C20H34N4O8S. The SMILES string of the molecule is CCOC(=O)C(CS(C)(=O)=O)NC(=O)[C@H](CCC(=O)C=N)NC(=O)[C@H](CC(C)C)NC(C)=O. The lowest BCUT2D eigenvalue weighted by Gasteiger charge is -2.25. The number of hydrogen-bond acceptors (Lipinski definition) is 9. The molecule has 12 nitrogen and oxygen atoms in total. The molecule has 0 saturated heterocycles. The highest BCUT2D eigenvalue weighted by Gasteiger charge is 2.32. The quantitative estimate of drug-likeness (QED) is 0.168. The highest BCUT2D eigenvalue weighted by Crippen LogP contribution is 2.08. The van der Waals surface area contributed by atoms with Crippen molar-refractivity contribution < 1.29 is 37.1 Å². The van der Waals surface area contributed by atoms with Crippen molar-refractivity contribution in [3.63, 3.8) is 0 Å². The van der Waals surface area contributed by atoms with Gasteiger partial charge in [-0.25, -0.2) is 13.2 Å². The van der Waals surface area contributed by atoms with Gasteiger partial charge in [0.15, 0.2) is 5.78 Å². The Morgan fingerprint density at radius 1 is 0.970 bits per heavy atom. The molecule has 0 bridgehead atoms. The molecule has 3 atom stereocenters. The van der Waals surface area contributed by atoms with E-state index in [1.165, 1.54) is 13.8 Å². The number of esters is 1. The first-order chi connectivity index (χ1) is 15.2. The number of rotatable bonds is 15. The summed E-state index contributed by atoms with van der Waals surface area (Å²) in [5.74, 6) is -4.30. The smallest absolute Gasteiger partial charge is 0.329 e. The molecule has 188 valence electrons. The summed E-state index contributed by atoms with van der Waals surface area (Å²) in [7, 11) is -3.69. The molecule has 0 radical (unpaired) electrons. The fourth-order valence-electron chi connectivity index (χ4n) is 2.83. The maximum Gasteiger partial charge on any atom is 0.329 e. The standard InChI is InChI=1S/C20H34N4O8S/c1-6-32-20(29)17(11-33(5,30)31)24-18(27)15(8-7-14(26)10-21)23-19(28)16(9-12(2)3)22-13(4)25/h10,12,15-17,21H,6-9,11H2,1-5H3,(H,22,25)(H,23,28)(H,24,27)/t15-,16-,17?/m0/s1. The fraction of sp³-hybridized carbons (Fsp3) is 0.700. The van der Waals surface area contributed by atoms with Gasteiger partial charge >= 0.3 is 5.97 Å². The van der Waals surface area contributed by atoms with Gasteiger partial charge in [0.1, 0.15) is 28.0 Å². The zero-order chi connectivity index (χ0) is 25.8. The van der Waals surface area contributed by atoms with Crippen LogP contribution in [0.2, 0.25) is 0 Å². The van der Waals surface area contributed by atoms with Crippen molar-refractivity contribution in [1.29, 1.82) is 5.41 Å². The van der Waals surface area contributed by atoms with Crippen molar-refractivity contribution in [2.24, 2.45) is 5.92 Å². The molecule has 0 aliphatic carbocycles. The van der Waals surface area contributed by atoms with Crippen LogP contribution in [-0.2, 0) is 38.5 Å². The van der Waals surface area contributed by atoms with Gasteiger partial charge in [0.25, 0.3) is 0 Å². The van der Waals surface area contributed by atoms with Gasteiger partial charge in [-0.05, 0) is 25.7 Å². The van der Waals surface area contributed by atoms with Crippen molar-refractivity contribution >= 4 is 45.5 Å². The molecule has 1 unspecified atom stereocenters. The molecule has 4 N–H and O–H groups in total. The van der Waals surface area contributed by atoms with Gasteiger partial charge in [0, 0.05) is 19.6 Å². The minimum atomic E-state index is -3.69. The molecule has 0 spiro atoms. The lowest BCUT2D eigenvalue weighted by atomic mass is 10.0. The first-order valence-corrected chi connectivity index (χ1v) is 12.5. The molecule has 0 aromatic carbocycles. The minimum Gasteiger partial charge on any atom is -0.464 e. The third-order valence-electron chi connectivity index (χ3n) is 4.23. The lowest BCUT2D eigenvalue weighted by molar-refractivity contribution is -0.147. The van der Waals surface area contributed by atoms with E-state index >= 15 is 0 Å². The maximum atomic E-state index is 12.9. The van der Waals surface area contributed by atoms with Crippen LogP contribution >= 0.6 is 0 Å². The van der Waals surface area contributed by atoms with E-state index < -0.39 is 63.2 Å². The van der Waals surface area contributed by atoms with Crippen LogP contribution < -0.4 is 16.0 Å². The number of amides is 3. The molecule has 0 saturated carbocycles. The van der Waals surface area contributed by atoms with Crippen molar-refractivity contribution in [3.05, 3.63) is 0 Å². The number of carbonyl (C=O) groups is 5. The van der Waals surface area contributed by atoms with Crippen LogP contribution in [-0.4, -0.2) is 80.8 Å². The summed E-state index contributed by atoms with van der Waals surface area (Å²) in [5, 5.41) is 14.2. The van der Waals surface area contributed by atoms with Crippen LogP contribution in [0.3, 0.4) is 0 Å². The first kappa shape index (κ1) is 30.2. The van der Waals surface area contributed by atoms with E-state index in [-0.39, 0.29) is 31.8 Å². The van der Waals surface area contributed by atoms with Gasteiger partial charge in [-0.1, -0.05) is 13.8 Å². The van der Waals surface area contributed by atoms with Gasteiger partial charge in [0.2, 0.25) is 17.7 Å². The van der Waals surface area contributed by atoms with Gasteiger partial charge in [0.05, 0.1) is 18.6 Å². The Labute approximate surface area is 194 Å². The number of carbonyl (C=O) groups excluding carboxylic acids is 5. The van der Waals surface area contributed by atoms with Crippen molar-refractivity contribution in [2.45, 2.75) is 65.1 Å². The summed E-state index contributed by atoms with van der Waals surface area (Å²) in [6, 6.07) is -3.80. The topological polar surface area (TPSA) is 189 Å². The first-order valence-electron chi connectivity index (χ1n) is 10.5. The number of hydrogen-bond donors (Lipinski definition) is 4. The summed E-state index contributed by atoms with van der Waals surface area (Å²) < 4.78 is 28.2. The van der Waals surface area contributed by atoms with E-state index in [4.69, 9.17) is 10.1 Å². The monoisotopic (exact) mass is 490 g/mol. The Kier molecular flexibility index (Phi) is 13.1. The van der Waals surface area contributed by atoms with E-state index in [0.717, 1.165) is 6.26 Å². The van der Waals surface area contributed by atoms with Crippen LogP contribution in [0.4, 0.5) is 0 Å². The van der Waals surface area contributed by atoms with E-state index in [0.29, 0.717) is 6.21 Å². The fourth-order valence-corrected chi connectivity index (χ4v) is 3.66. The van der Waals surface area contributed by atoms with E-state index in [9.17, 15) is 32.4 Å². The molecule has 0 heterocycles. The molecule has 0 rings (SSSR count). The number of Topliss-reactive ketones (excluding diaryl/α,β-unsaturated/α-hetero) is 1. The third-order valence-corrected chi connectivity index (χ3v) is 5.17. The summed E-state index contributed by atoms with van der Waals surface area (Å²) in [5.41, 5.74) is 0. The third kappa shape index (κ3) is 13.3. The van der Waals surface area contributed by atoms with Gasteiger partial charge in [-0.3, -0.25) is 19.2 Å². The maximum absolute atomic E-state index is 12.9. The Morgan fingerprint density at radius 2 is 1.52 bits per heavy atom. The average molecular weight is 491 g/mol. The summed E-state index contributed by atoms with van der Waals surface area (Å²) in [6.45, 7) is 6.38. The normalized spacial score (nSPS) is 13.9. The minimum absolute atomic E-state index is 0.0299. The Morgan fingerprint density at radius 3 is 1.97 bits per heavy atom. The summed E-state index contributed by atoms with van der Waals surface area (Å²) >= 11 is 0. The Hall–Kier alpha value is -2.83. The molecule has 0 fully saturated rings. The molecule has 0 aliphatic heterocycles. The van der Waals surface area contributed by atoms with E-state index in [2.05, 4.69) is 16.0 Å². The van der Waals surface area contributed by atoms with Crippen LogP contribution in [0.15, 0.2) is 0 Å². The summed E-state index contributed by atoms with van der Waals surface area (Å²) in [4.78, 5) is 60.8. The molecule has 3 amide bonds. The molecule has 0 aromatic heterocycles. The Bertz CT molecular complexity index is 841. The molecular weight excluding hydrogens is 456 g/mol. The second-order valence-corrected chi connectivity index (χ2v) is 10.2. The zero-order valence-corrected chi connectivity index (χ0v) is 20.4. The zero-order valence-electron chi connectivity index (χ0n) is 19.6. The van der Waals surface area contributed by atoms with Crippen LogP contribution in [0.25, 0.3) is 0 Å². The second kappa shape index (κ2) is 14.3. The van der Waals surface area contributed by atoms with Crippen molar-refractivity contribution in [1.82, 2.24) is 16.0 Å². The van der Waals surface area contributed by atoms with Crippen LogP contribution in [0, 0.1) is 11.3 Å². The highest BCUT2D eigenvalue weighted by molar-refractivity contribution is 7.90. The van der Waals surface area contributed by atoms with Gasteiger partial charge in [-0.2, -0.15) is 0 Å². The van der Waals surface area contributed by atoms with Crippen LogP contribution in [0.5, 0.6) is 0 Å². The second-order valence-electron chi connectivity index (χ2n) is 8.00. The van der Waals surface area contributed by atoms with Gasteiger partial charge < -0.3 is 26.1 Å². The number of sulfone groups is 1. The van der Waals surface area contributed by atoms with Crippen molar-refractivity contribution in [3.8, 4) is 0 Å². The molecule has 33 heavy (non-hydrogen) atoms. The molecule has 13 heteroatoms. The summed E-state index contributed by atoms with van der Waals surface area (Å²) in [6.07, 6.45) is 1.26. The van der Waals surface area contributed by atoms with E-state index in [1.807, 2.05) is 13.8 Å². The predicted molar refractivity (Wildman–Crippen MR) is 120 cm³/mol. The van der Waals surface area contributed by atoms with E-state index in [1.54, 1.807) is 0 Å². The number of nitrogens with one attached hydrogen (secondary N) is 4. The Balaban J connectivity index is 5.73. The van der Waals surface area contributed by atoms with Gasteiger partial charge in [-0.15, -0.1) is 0 Å². The number of ketones is 1. The van der Waals surface area contributed by atoms with Crippen molar-refractivity contribution in [2.75, 3.05) is 18.6 Å². The lowest BCUT2D eigenvalue weighted by Crippen LogP contribution is -2.57. The molecule has 0 aromatic rings. The predicted octanol–water partition coefficient (Wildman–Crippen LogP) is -0.887. The number of ether oxygens (including phenoxy) is 1. The largest absolute Gasteiger partial charge is 0.464 e. The highest BCUT2D eigenvalue weighted by atomic mass is 32.2. The van der Waals surface area contributed by atoms with Crippen LogP contribution in [0.1, 0.15) is 47.0 Å².